The molecular formula is C38H42N4O10S2. The third-order valence-electron chi connectivity index (χ3n) is 8.31. The molecule has 0 unspecified atom stereocenters. The van der Waals surface area contributed by atoms with Gasteiger partial charge in [0.05, 0.1) is 32.3 Å². The first-order chi connectivity index (χ1) is 25.6. The lowest BCUT2D eigenvalue weighted by Crippen LogP contribution is -2.34. The quantitative estimate of drug-likeness (QED) is 0.0653. The first-order valence-electron chi connectivity index (χ1n) is 17.2. The van der Waals surface area contributed by atoms with Gasteiger partial charge in [0, 0.05) is 24.2 Å². The number of benzene rings is 4. The summed E-state index contributed by atoms with van der Waals surface area (Å²) in [6.07, 6.45) is 5.49. The number of sulfonamides is 2. The number of hydrogen-bond donors (Lipinski definition) is 6. The fourth-order valence-electron chi connectivity index (χ4n) is 5.30. The van der Waals surface area contributed by atoms with Gasteiger partial charge >= 0.3 is 11.9 Å². The van der Waals surface area contributed by atoms with Crippen molar-refractivity contribution in [2.75, 3.05) is 22.5 Å². The first-order valence-corrected chi connectivity index (χ1v) is 20.2. The molecule has 2 amide bonds. The molecule has 0 saturated heterocycles. The van der Waals surface area contributed by atoms with Gasteiger partial charge in [-0.15, -0.1) is 0 Å². The first kappa shape index (κ1) is 41.0. The molecule has 0 aliphatic rings. The van der Waals surface area contributed by atoms with Gasteiger partial charge in [-0.25, -0.2) is 26.4 Å². The number of carbonyl (C=O) groups excluding carboxylic acids is 2. The Morgan fingerprint density at radius 2 is 0.889 bits per heavy atom. The number of hydrogen-bond acceptors (Lipinski definition) is 8. The van der Waals surface area contributed by atoms with Crippen LogP contribution in [0.15, 0.2) is 94.7 Å². The lowest BCUT2D eigenvalue weighted by atomic mass is 10.1. The highest BCUT2D eigenvalue weighted by atomic mass is 32.2. The molecule has 4 aromatic rings. The van der Waals surface area contributed by atoms with E-state index in [1.165, 1.54) is 48.5 Å². The Balaban J connectivity index is 1.35. The van der Waals surface area contributed by atoms with E-state index in [0.717, 1.165) is 61.8 Å². The fraction of sp³-hybridized carbons (Fsp3) is 0.263. The molecule has 0 aliphatic carbocycles. The van der Waals surface area contributed by atoms with Gasteiger partial charge in [0.2, 0.25) is 0 Å². The largest absolute Gasteiger partial charge is 0.478 e. The molecule has 0 bridgehead atoms. The molecule has 54 heavy (non-hydrogen) atoms. The number of amides is 2. The molecule has 0 aromatic heterocycles. The minimum atomic E-state index is -4.14. The van der Waals surface area contributed by atoms with Crippen molar-refractivity contribution in [3.8, 4) is 0 Å². The molecular weight excluding hydrogens is 737 g/mol. The summed E-state index contributed by atoms with van der Waals surface area (Å²) in [7, 11) is -8.28. The maximum Gasteiger partial charge on any atom is 0.337 e. The van der Waals surface area contributed by atoms with Crippen LogP contribution in [-0.2, 0) is 32.9 Å². The van der Waals surface area contributed by atoms with Gasteiger partial charge in [-0.3, -0.25) is 19.0 Å². The van der Waals surface area contributed by atoms with Crippen LogP contribution in [-0.4, -0.2) is 63.9 Å². The van der Waals surface area contributed by atoms with Gasteiger partial charge in [0.25, 0.3) is 31.9 Å². The van der Waals surface area contributed by atoms with Gasteiger partial charge < -0.3 is 20.8 Å². The maximum absolute atomic E-state index is 13.0. The number of aromatic carboxylic acids is 2. The Labute approximate surface area is 314 Å². The molecule has 14 nitrogen and oxygen atoms in total. The molecule has 0 spiro atoms. The van der Waals surface area contributed by atoms with Crippen LogP contribution in [0, 0.1) is 0 Å². The molecule has 0 saturated carbocycles. The van der Waals surface area contributed by atoms with Gasteiger partial charge in [-0.2, -0.15) is 0 Å². The summed E-state index contributed by atoms with van der Waals surface area (Å²) < 4.78 is 56.5. The lowest BCUT2D eigenvalue weighted by Gasteiger charge is -2.13. The van der Waals surface area contributed by atoms with Crippen molar-refractivity contribution in [1.29, 1.82) is 0 Å². The number of rotatable bonds is 19. The summed E-state index contributed by atoms with van der Waals surface area (Å²) in [4.78, 5) is 49.5. The van der Waals surface area contributed by atoms with Gasteiger partial charge in [-0.05, 0) is 97.5 Å². The number of carboxylic acids is 2. The monoisotopic (exact) mass is 778 g/mol. The van der Waals surface area contributed by atoms with E-state index in [2.05, 4.69) is 33.9 Å². The van der Waals surface area contributed by atoms with Crippen LogP contribution in [0.1, 0.15) is 92.1 Å². The summed E-state index contributed by atoms with van der Waals surface area (Å²) in [6.45, 7) is 3.87. The second-order valence-electron chi connectivity index (χ2n) is 12.3. The molecule has 0 aliphatic heterocycles. The van der Waals surface area contributed by atoms with Crippen LogP contribution < -0.4 is 20.1 Å². The summed E-state index contributed by atoms with van der Waals surface area (Å²) in [5.41, 5.74) is 0.382. The van der Waals surface area contributed by atoms with Crippen molar-refractivity contribution in [1.82, 2.24) is 10.6 Å². The average Bonchev–Trinajstić information content (AvgIpc) is 3.14. The van der Waals surface area contributed by atoms with Crippen LogP contribution >= 0.6 is 0 Å². The minimum absolute atomic E-state index is 0.0539. The third-order valence-corrected chi connectivity index (χ3v) is 11.1. The molecule has 16 heteroatoms. The zero-order chi connectivity index (χ0) is 39.5. The SMILES string of the molecule is CCCCc1ccc(S(=O)(=O)Nc2ccc(C(=O)NCCNC(=O)c3ccc(NS(=O)(=O)c4ccc(CCCC)cc4)c(C(=O)O)c3)cc2C(=O)O)cc1. The van der Waals surface area contributed by atoms with E-state index >= 15 is 0 Å². The van der Waals surface area contributed by atoms with Crippen molar-refractivity contribution in [3.63, 3.8) is 0 Å². The van der Waals surface area contributed by atoms with E-state index in [4.69, 9.17) is 0 Å². The van der Waals surface area contributed by atoms with Crippen LogP contribution in [0.4, 0.5) is 11.4 Å². The van der Waals surface area contributed by atoms with Crippen molar-refractivity contribution in [2.24, 2.45) is 0 Å². The fourth-order valence-corrected chi connectivity index (χ4v) is 7.46. The second kappa shape index (κ2) is 18.3. The predicted octanol–water partition coefficient (Wildman–Crippen LogP) is 5.53. The molecule has 0 fully saturated rings. The normalized spacial score (nSPS) is 11.4. The molecule has 0 atom stereocenters. The molecule has 6 N–H and O–H groups in total. The van der Waals surface area contributed by atoms with Crippen LogP contribution in [0.2, 0.25) is 0 Å². The molecule has 4 rings (SSSR count). The van der Waals surface area contributed by atoms with Gasteiger partial charge in [0.1, 0.15) is 0 Å². The smallest absolute Gasteiger partial charge is 0.337 e. The number of anilines is 2. The summed E-state index contributed by atoms with van der Waals surface area (Å²) in [6, 6.07) is 19.4. The van der Waals surface area contributed by atoms with Crippen molar-refractivity contribution >= 4 is 55.2 Å². The van der Waals surface area contributed by atoms with Crippen LogP contribution in [0.5, 0.6) is 0 Å². The molecule has 0 heterocycles. The van der Waals surface area contributed by atoms with Gasteiger partial charge in [0.15, 0.2) is 0 Å². The minimum Gasteiger partial charge on any atom is -0.478 e. The maximum atomic E-state index is 13.0. The van der Waals surface area contributed by atoms with E-state index in [-0.39, 0.29) is 45.4 Å². The zero-order valence-electron chi connectivity index (χ0n) is 29.7. The highest BCUT2D eigenvalue weighted by Gasteiger charge is 2.22. The van der Waals surface area contributed by atoms with E-state index in [9.17, 15) is 46.2 Å². The summed E-state index contributed by atoms with van der Waals surface area (Å²) in [5, 5.41) is 24.6. The number of unbranched alkanes of at least 4 members (excludes halogenated alkanes) is 2. The van der Waals surface area contributed by atoms with Crippen molar-refractivity contribution in [3.05, 3.63) is 118 Å². The Morgan fingerprint density at radius 3 is 1.20 bits per heavy atom. The number of aryl methyl sites for hydroxylation is 2. The Kier molecular flexibility index (Phi) is 13.9. The van der Waals surface area contributed by atoms with E-state index in [0.29, 0.717) is 0 Å². The van der Waals surface area contributed by atoms with E-state index in [1.54, 1.807) is 24.3 Å². The Hall–Kier alpha value is -5.74. The lowest BCUT2D eigenvalue weighted by molar-refractivity contribution is 0.0687. The Morgan fingerprint density at radius 1 is 0.537 bits per heavy atom. The second-order valence-corrected chi connectivity index (χ2v) is 15.7. The van der Waals surface area contributed by atoms with Crippen molar-refractivity contribution < 1.29 is 46.2 Å². The van der Waals surface area contributed by atoms with E-state index in [1.807, 2.05) is 0 Å². The van der Waals surface area contributed by atoms with Crippen LogP contribution in [0.25, 0.3) is 0 Å². The molecule has 286 valence electrons. The highest BCUT2D eigenvalue weighted by molar-refractivity contribution is 7.93. The zero-order valence-corrected chi connectivity index (χ0v) is 31.3. The Bertz CT molecular complexity index is 2060. The van der Waals surface area contributed by atoms with E-state index < -0.39 is 54.9 Å². The number of carbonyl (C=O) groups is 4. The third kappa shape index (κ3) is 10.9. The predicted molar refractivity (Wildman–Crippen MR) is 203 cm³/mol. The number of nitrogens with one attached hydrogen (secondary N) is 4. The highest BCUT2D eigenvalue weighted by Crippen LogP contribution is 2.24. The topological polar surface area (TPSA) is 225 Å². The summed E-state index contributed by atoms with van der Waals surface area (Å²) in [5.74, 6) is -4.35. The number of carboxylic acid groups (broad SMARTS) is 2. The standard InChI is InChI=1S/C38H42N4O10S2/c1-3-5-7-25-9-15-29(16-10-25)53(49,50)41-33-19-13-27(23-31(33)37(45)46)35(43)39-21-22-40-36(44)28-14-20-34(32(24-28)38(47)48)42-54(51,52)30-17-11-26(12-18-30)8-6-4-2/h9-20,23-24,41-42H,3-8,21-22H2,1-2H3,(H,39,43)(H,40,44)(H,45,46)(H,47,48). The molecule has 0 radical (unpaired) electrons. The van der Waals surface area contributed by atoms with Crippen LogP contribution in [0.3, 0.4) is 0 Å². The van der Waals surface area contributed by atoms with Crippen molar-refractivity contribution in [2.45, 2.75) is 62.2 Å². The molecule has 4 aromatic carbocycles. The summed E-state index contributed by atoms with van der Waals surface area (Å²) >= 11 is 0. The average molecular weight is 779 g/mol. The van der Waals surface area contributed by atoms with Gasteiger partial charge in [-0.1, -0.05) is 51.0 Å².